The number of carbonyl (C=O) groups excluding carboxylic acids is 1. The number of esters is 1. The van der Waals surface area contributed by atoms with Gasteiger partial charge in [-0.15, -0.1) is 0 Å². The lowest BCUT2D eigenvalue weighted by Crippen LogP contribution is -2.15. The molecule has 1 N–H and O–H groups in total. The van der Waals surface area contributed by atoms with Gasteiger partial charge in [-0.1, -0.05) is 0 Å². The van der Waals surface area contributed by atoms with Crippen LogP contribution in [-0.2, 0) is 17.8 Å². The van der Waals surface area contributed by atoms with Gasteiger partial charge < -0.3 is 28.8 Å². The normalized spacial score (nSPS) is 11.6. The molecule has 9 heteroatoms. The first-order valence-corrected chi connectivity index (χ1v) is 12.5. The SMILES string of the molecule is CCOC(=O)c1c(-c2cc(I)c(OC)c(I)c2)oc2cc(CN(C)C)c(O)c(CN(C)C)c12. The lowest BCUT2D eigenvalue weighted by molar-refractivity contribution is 0.0528. The third kappa shape index (κ3) is 5.41. The highest BCUT2D eigenvalue weighted by Crippen LogP contribution is 2.43. The van der Waals surface area contributed by atoms with Crippen molar-refractivity contribution in [2.75, 3.05) is 41.9 Å². The summed E-state index contributed by atoms with van der Waals surface area (Å²) in [7, 11) is 9.35. The number of carbonyl (C=O) groups is 1. The molecule has 0 amide bonds. The molecule has 0 aliphatic carbocycles. The maximum atomic E-state index is 13.2. The van der Waals surface area contributed by atoms with Gasteiger partial charge in [0.05, 0.1) is 20.9 Å². The lowest BCUT2D eigenvalue weighted by Gasteiger charge is -2.17. The van der Waals surface area contributed by atoms with Crippen molar-refractivity contribution in [3.8, 4) is 22.8 Å². The van der Waals surface area contributed by atoms with Crippen molar-refractivity contribution in [1.29, 1.82) is 0 Å². The number of ether oxygens (including phenoxy) is 2. The summed E-state index contributed by atoms with van der Waals surface area (Å²) in [5.41, 5.74) is 2.99. The van der Waals surface area contributed by atoms with Crippen LogP contribution in [0.1, 0.15) is 28.4 Å². The van der Waals surface area contributed by atoms with E-state index < -0.39 is 5.97 Å². The molecule has 0 radical (unpaired) electrons. The van der Waals surface area contributed by atoms with Gasteiger partial charge in [0.25, 0.3) is 0 Å². The van der Waals surface area contributed by atoms with E-state index in [4.69, 9.17) is 13.9 Å². The van der Waals surface area contributed by atoms with Crippen LogP contribution >= 0.6 is 45.2 Å². The molecule has 0 atom stereocenters. The average molecular weight is 678 g/mol. The topological polar surface area (TPSA) is 75.4 Å². The number of rotatable bonds is 8. The number of nitrogens with zero attached hydrogens (tertiary/aromatic N) is 2. The molecule has 0 aliphatic rings. The number of methoxy groups -OCH3 is 1. The summed E-state index contributed by atoms with van der Waals surface area (Å²) < 4.78 is 19.1. The fraction of sp³-hybridized carbons (Fsp3) is 0.375. The average Bonchev–Trinajstić information content (AvgIpc) is 3.09. The minimum atomic E-state index is -0.480. The Morgan fingerprint density at radius 1 is 1.06 bits per heavy atom. The first kappa shape index (κ1) is 26.0. The van der Waals surface area contributed by atoms with Crippen LogP contribution in [0.5, 0.6) is 11.5 Å². The number of hydrogen-bond donors (Lipinski definition) is 1. The van der Waals surface area contributed by atoms with Gasteiger partial charge in [-0.25, -0.2) is 4.79 Å². The summed E-state index contributed by atoms with van der Waals surface area (Å²) in [5.74, 6) is 0.879. The first-order chi connectivity index (χ1) is 15.6. The summed E-state index contributed by atoms with van der Waals surface area (Å²) in [4.78, 5) is 17.1. The Morgan fingerprint density at radius 2 is 1.67 bits per heavy atom. The molecule has 7 nitrogen and oxygen atoms in total. The Labute approximate surface area is 221 Å². The Hall–Kier alpha value is -1.57. The van der Waals surface area contributed by atoms with Crippen LogP contribution in [0.15, 0.2) is 22.6 Å². The van der Waals surface area contributed by atoms with E-state index in [1.54, 1.807) is 14.0 Å². The molecule has 0 saturated heterocycles. The molecule has 0 unspecified atom stereocenters. The lowest BCUT2D eigenvalue weighted by atomic mass is 9.98. The molecule has 3 rings (SSSR count). The Morgan fingerprint density at radius 3 is 2.18 bits per heavy atom. The number of furan rings is 1. The zero-order valence-corrected chi connectivity index (χ0v) is 23.9. The van der Waals surface area contributed by atoms with Gasteiger partial charge in [-0.05, 0) is 98.5 Å². The number of benzene rings is 2. The van der Waals surface area contributed by atoms with Crippen LogP contribution in [-0.4, -0.2) is 62.8 Å². The van der Waals surface area contributed by atoms with Crippen molar-refractivity contribution in [3.05, 3.63) is 42.0 Å². The summed E-state index contributed by atoms with van der Waals surface area (Å²) in [6.45, 7) is 2.97. The van der Waals surface area contributed by atoms with E-state index in [0.29, 0.717) is 40.9 Å². The molecular weight excluding hydrogens is 650 g/mol. The summed E-state index contributed by atoms with van der Waals surface area (Å²) in [5, 5.41) is 11.8. The van der Waals surface area contributed by atoms with E-state index in [9.17, 15) is 9.90 Å². The molecule has 178 valence electrons. The first-order valence-electron chi connectivity index (χ1n) is 10.4. The summed E-state index contributed by atoms with van der Waals surface area (Å²) in [6.07, 6.45) is 0. The summed E-state index contributed by atoms with van der Waals surface area (Å²) in [6, 6.07) is 5.66. The Balaban J connectivity index is 2.41. The second-order valence-corrected chi connectivity index (χ2v) is 10.5. The molecular formula is C24H28I2N2O5. The van der Waals surface area contributed by atoms with Crippen molar-refractivity contribution in [3.63, 3.8) is 0 Å². The maximum Gasteiger partial charge on any atom is 0.342 e. The van der Waals surface area contributed by atoms with Crippen LogP contribution in [0, 0.1) is 7.14 Å². The zero-order valence-electron chi connectivity index (χ0n) is 19.6. The van der Waals surface area contributed by atoms with E-state index in [1.807, 2.05) is 56.2 Å². The molecule has 0 bridgehead atoms. The number of halogens is 2. The molecule has 1 heterocycles. The van der Waals surface area contributed by atoms with Gasteiger partial charge in [-0.3, -0.25) is 0 Å². The Kier molecular flexibility index (Phi) is 8.51. The monoisotopic (exact) mass is 678 g/mol. The van der Waals surface area contributed by atoms with E-state index in [1.165, 1.54) is 0 Å². The van der Waals surface area contributed by atoms with Gasteiger partial charge in [-0.2, -0.15) is 0 Å². The van der Waals surface area contributed by atoms with Gasteiger partial charge in [0.15, 0.2) is 0 Å². The quantitative estimate of drug-likeness (QED) is 0.256. The van der Waals surface area contributed by atoms with E-state index in [0.717, 1.165) is 24.0 Å². The van der Waals surface area contributed by atoms with Crippen LogP contribution in [0.3, 0.4) is 0 Å². The molecule has 0 saturated carbocycles. The van der Waals surface area contributed by atoms with Crippen molar-refractivity contribution < 1.29 is 23.8 Å². The van der Waals surface area contributed by atoms with E-state index in [2.05, 4.69) is 45.2 Å². The minimum Gasteiger partial charge on any atom is -0.507 e. The Bertz CT molecular complexity index is 1160. The van der Waals surface area contributed by atoms with E-state index >= 15 is 0 Å². The highest BCUT2D eigenvalue weighted by Gasteiger charge is 2.29. The van der Waals surface area contributed by atoms with Crippen LogP contribution in [0.4, 0.5) is 0 Å². The number of fused-ring (bicyclic) bond motifs is 1. The predicted molar refractivity (Wildman–Crippen MR) is 146 cm³/mol. The largest absolute Gasteiger partial charge is 0.507 e. The van der Waals surface area contributed by atoms with Crippen molar-refractivity contribution >= 4 is 62.1 Å². The smallest absolute Gasteiger partial charge is 0.342 e. The van der Waals surface area contributed by atoms with Crippen molar-refractivity contribution in [1.82, 2.24) is 9.80 Å². The van der Waals surface area contributed by atoms with Gasteiger partial charge in [0, 0.05) is 35.2 Å². The number of phenols is 1. The van der Waals surface area contributed by atoms with Crippen LogP contribution in [0.2, 0.25) is 0 Å². The summed E-state index contributed by atoms with van der Waals surface area (Å²) >= 11 is 4.42. The maximum absolute atomic E-state index is 13.2. The minimum absolute atomic E-state index is 0.168. The molecule has 0 aliphatic heterocycles. The standard InChI is InChI=1S/C24H28I2N2O5/c1-7-32-24(30)20-19-15(12-28(4)5)21(29)14(11-27(2)3)10-18(19)33-22(20)13-8-16(25)23(31-6)17(26)9-13/h8-10,29H,7,11-12H2,1-6H3. The molecule has 0 fully saturated rings. The molecule has 1 aromatic heterocycles. The third-order valence-corrected chi connectivity index (χ3v) is 6.64. The molecule has 0 spiro atoms. The highest BCUT2D eigenvalue weighted by atomic mass is 127. The van der Waals surface area contributed by atoms with Gasteiger partial charge in [0.1, 0.15) is 28.4 Å². The highest BCUT2D eigenvalue weighted by molar-refractivity contribution is 14.1. The fourth-order valence-electron chi connectivity index (χ4n) is 3.81. The predicted octanol–water partition coefficient (Wildman–Crippen LogP) is 5.32. The molecule has 33 heavy (non-hydrogen) atoms. The fourth-order valence-corrected chi connectivity index (χ4v) is 6.02. The van der Waals surface area contributed by atoms with Crippen LogP contribution in [0.25, 0.3) is 22.3 Å². The van der Waals surface area contributed by atoms with Crippen molar-refractivity contribution in [2.24, 2.45) is 0 Å². The second kappa shape index (κ2) is 10.8. The number of phenolic OH excluding ortho intramolecular Hbond substituents is 1. The number of hydrogen-bond acceptors (Lipinski definition) is 7. The van der Waals surface area contributed by atoms with Crippen molar-refractivity contribution in [2.45, 2.75) is 20.0 Å². The third-order valence-electron chi connectivity index (χ3n) is 5.04. The van der Waals surface area contributed by atoms with Gasteiger partial charge >= 0.3 is 5.97 Å². The molecule has 3 aromatic rings. The zero-order chi connectivity index (χ0) is 24.4. The number of aromatic hydroxyl groups is 1. The van der Waals surface area contributed by atoms with Gasteiger partial charge in [0.2, 0.25) is 0 Å². The second-order valence-electron chi connectivity index (χ2n) is 8.21. The van der Waals surface area contributed by atoms with E-state index in [-0.39, 0.29) is 12.4 Å². The van der Waals surface area contributed by atoms with Crippen LogP contribution < -0.4 is 4.74 Å². The molecule has 2 aromatic carbocycles.